The van der Waals surface area contributed by atoms with Crippen LogP contribution in [0.2, 0.25) is 0 Å². The van der Waals surface area contributed by atoms with Crippen molar-refractivity contribution in [3.05, 3.63) is 47.5 Å². The van der Waals surface area contributed by atoms with E-state index in [-0.39, 0.29) is 28.2 Å². The van der Waals surface area contributed by atoms with Gasteiger partial charge in [-0.25, -0.2) is 8.42 Å². The van der Waals surface area contributed by atoms with Gasteiger partial charge in [-0.1, -0.05) is 39.8 Å². The molecule has 0 aromatic heterocycles. The maximum atomic E-state index is 12.6. The Morgan fingerprint density at radius 3 is 1.96 bits per heavy atom. The number of phenolic OH excluding ortho intramolecular Hbond substituents is 1. The average molecular weight is 348 g/mol. The highest BCUT2D eigenvalue weighted by Crippen LogP contribution is 2.37. The summed E-state index contributed by atoms with van der Waals surface area (Å²) in [4.78, 5) is 0.0373. The lowest BCUT2D eigenvalue weighted by Crippen LogP contribution is -2.15. The lowest BCUT2D eigenvalue weighted by Gasteiger charge is -2.18. The first kappa shape index (κ1) is 18.1. The van der Waals surface area contributed by atoms with E-state index >= 15 is 0 Å². The number of benzene rings is 2. The molecule has 0 saturated carbocycles. The van der Waals surface area contributed by atoms with E-state index in [1.807, 2.05) is 27.7 Å². The van der Waals surface area contributed by atoms with Crippen molar-refractivity contribution in [2.24, 2.45) is 0 Å². The Morgan fingerprint density at radius 1 is 1.00 bits per heavy atom. The molecule has 0 spiro atoms. The molecule has 0 bridgehead atoms. The van der Waals surface area contributed by atoms with Crippen LogP contribution in [0.3, 0.4) is 0 Å². The average Bonchev–Trinajstić information content (AvgIpc) is 2.48. The van der Waals surface area contributed by atoms with Crippen LogP contribution in [0.4, 0.5) is 11.4 Å². The van der Waals surface area contributed by atoms with Crippen LogP contribution < -0.4 is 10.5 Å². The maximum absolute atomic E-state index is 12.6. The summed E-state index contributed by atoms with van der Waals surface area (Å²) in [6.07, 6.45) is 0. The van der Waals surface area contributed by atoms with Crippen molar-refractivity contribution in [3.8, 4) is 5.75 Å². The molecule has 24 heavy (non-hydrogen) atoms. The maximum Gasteiger partial charge on any atom is 0.263 e. The fourth-order valence-electron chi connectivity index (χ4n) is 2.55. The summed E-state index contributed by atoms with van der Waals surface area (Å²) in [6.45, 7) is 7.80. The zero-order valence-corrected chi connectivity index (χ0v) is 15.2. The second-order valence-corrected chi connectivity index (χ2v) is 8.11. The number of hydrogen-bond acceptors (Lipinski definition) is 4. The van der Waals surface area contributed by atoms with Gasteiger partial charge in [0.1, 0.15) is 10.6 Å². The highest BCUT2D eigenvalue weighted by molar-refractivity contribution is 7.92. The summed E-state index contributed by atoms with van der Waals surface area (Å²) >= 11 is 0. The Labute approximate surface area is 143 Å². The normalized spacial score (nSPS) is 11.9. The Morgan fingerprint density at radius 2 is 1.50 bits per heavy atom. The van der Waals surface area contributed by atoms with Gasteiger partial charge in [0.25, 0.3) is 10.0 Å². The van der Waals surface area contributed by atoms with E-state index in [0.29, 0.717) is 16.8 Å². The number of hydrogen-bond donors (Lipinski definition) is 3. The molecule has 2 aromatic carbocycles. The van der Waals surface area contributed by atoms with Crippen LogP contribution in [-0.2, 0) is 10.0 Å². The Balaban J connectivity index is 2.52. The largest absolute Gasteiger partial charge is 0.507 e. The van der Waals surface area contributed by atoms with Crippen molar-refractivity contribution in [2.45, 2.75) is 44.4 Å². The first-order chi connectivity index (χ1) is 11.1. The van der Waals surface area contributed by atoms with E-state index in [0.717, 1.165) is 0 Å². The number of rotatable bonds is 5. The van der Waals surface area contributed by atoms with Gasteiger partial charge >= 0.3 is 0 Å². The first-order valence-electron chi connectivity index (χ1n) is 7.87. The second kappa shape index (κ2) is 6.73. The number of phenols is 1. The van der Waals surface area contributed by atoms with Crippen LogP contribution in [0.1, 0.15) is 50.7 Å². The highest BCUT2D eigenvalue weighted by Gasteiger charge is 2.20. The Bertz CT molecular complexity index is 814. The lowest BCUT2D eigenvalue weighted by molar-refractivity contribution is 0.454. The van der Waals surface area contributed by atoms with Gasteiger partial charge in [0, 0.05) is 5.69 Å². The molecule has 0 aliphatic rings. The molecule has 130 valence electrons. The summed E-state index contributed by atoms with van der Waals surface area (Å²) in [5.41, 5.74) is 7.81. The van der Waals surface area contributed by atoms with Crippen molar-refractivity contribution < 1.29 is 13.5 Å². The molecule has 0 radical (unpaired) electrons. The number of nitrogens with two attached hydrogens (primary N) is 1. The smallest absolute Gasteiger partial charge is 0.263 e. The fourth-order valence-corrected chi connectivity index (χ4v) is 3.73. The van der Waals surface area contributed by atoms with Crippen LogP contribution in [-0.4, -0.2) is 13.5 Å². The minimum atomic E-state index is -3.80. The third-order valence-corrected chi connectivity index (χ3v) is 5.33. The molecule has 0 saturated heterocycles. The molecule has 4 N–H and O–H groups in total. The van der Waals surface area contributed by atoms with Crippen LogP contribution >= 0.6 is 0 Å². The summed E-state index contributed by atoms with van der Waals surface area (Å²) in [5, 5.41) is 10.4. The highest BCUT2D eigenvalue weighted by atomic mass is 32.2. The van der Waals surface area contributed by atoms with E-state index in [2.05, 4.69) is 4.72 Å². The topological polar surface area (TPSA) is 92.4 Å². The van der Waals surface area contributed by atoms with Crippen molar-refractivity contribution in [3.63, 3.8) is 0 Å². The molecule has 0 heterocycles. The number of sulfonamides is 1. The van der Waals surface area contributed by atoms with Crippen LogP contribution in [0.15, 0.2) is 41.3 Å². The third-order valence-electron chi connectivity index (χ3n) is 3.87. The van der Waals surface area contributed by atoms with Crippen molar-refractivity contribution >= 4 is 21.4 Å². The minimum Gasteiger partial charge on any atom is -0.507 e. The number of anilines is 2. The van der Waals surface area contributed by atoms with Gasteiger partial charge < -0.3 is 10.8 Å². The second-order valence-electron chi connectivity index (χ2n) is 6.46. The fraction of sp³-hybridized carbons (Fsp3) is 0.333. The Kier molecular flexibility index (Phi) is 5.08. The predicted molar refractivity (Wildman–Crippen MR) is 97.9 cm³/mol. The summed E-state index contributed by atoms with van der Waals surface area (Å²) in [7, 11) is -3.80. The molecule has 2 rings (SSSR count). The summed E-state index contributed by atoms with van der Waals surface area (Å²) < 4.78 is 27.8. The summed E-state index contributed by atoms with van der Waals surface area (Å²) in [6, 6.07) is 9.66. The van der Waals surface area contributed by atoms with Gasteiger partial charge in [-0.05, 0) is 47.2 Å². The van der Waals surface area contributed by atoms with Crippen LogP contribution in [0.5, 0.6) is 5.75 Å². The molecule has 6 heteroatoms. The van der Waals surface area contributed by atoms with Gasteiger partial charge in [0.05, 0.1) is 5.69 Å². The van der Waals surface area contributed by atoms with Crippen LogP contribution in [0, 0.1) is 0 Å². The van der Waals surface area contributed by atoms with Gasteiger partial charge in [-0.2, -0.15) is 0 Å². The van der Waals surface area contributed by atoms with E-state index in [1.165, 1.54) is 6.07 Å². The molecule has 0 aliphatic carbocycles. The number of para-hydroxylation sites is 1. The van der Waals surface area contributed by atoms with E-state index in [9.17, 15) is 13.5 Å². The molecular weight excluding hydrogens is 324 g/mol. The number of aromatic hydroxyl groups is 1. The zero-order valence-electron chi connectivity index (χ0n) is 14.4. The summed E-state index contributed by atoms with van der Waals surface area (Å²) in [5.74, 6) is 0.352. The number of nitrogens with one attached hydrogen (secondary N) is 1. The van der Waals surface area contributed by atoms with Gasteiger partial charge in [0.2, 0.25) is 0 Å². The lowest BCUT2D eigenvalue weighted by atomic mass is 9.93. The molecule has 0 unspecified atom stereocenters. The Hall–Kier alpha value is -2.21. The SMILES string of the molecule is CC(C)c1cc(NS(=O)(=O)c2ccccc2N)cc(C(C)C)c1O. The molecule has 2 aromatic rings. The van der Waals surface area contributed by atoms with E-state index in [1.54, 1.807) is 30.3 Å². The monoisotopic (exact) mass is 348 g/mol. The standard InChI is InChI=1S/C18H24N2O3S/c1-11(2)14-9-13(10-15(12(3)4)18(14)21)20-24(22,23)17-8-6-5-7-16(17)19/h5-12,20-21H,19H2,1-4H3. The van der Waals surface area contributed by atoms with Gasteiger partial charge in [-0.15, -0.1) is 0 Å². The molecule has 0 fully saturated rings. The molecule has 0 amide bonds. The zero-order chi connectivity index (χ0) is 18.1. The quantitative estimate of drug-likeness (QED) is 0.562. The first-order valence-corrected chi connectivity index (χ1v) is 9.36. The van der Waals surface area contributed by atoms with Crippen LogP contribution in [0.25, 0.3) is 0 Å². The number of nitrogen functional groups attached to an aromatic ring is 1. The molecule has 0 atom stereocenters. The van der Waals surface area contributed by atoms with Crippen molar-refractivity contribution in [1.29, 1.82) is 0 Å². The molecule has 5 nitrogen and oxygen atoms in total. The van der Waals surface area contributed by atoms with Crippen molar-refractivity contribution in [2.75, 3.05) is 10.5 Å². The molecule has 0 aliphatic heterocycles. The van der Waals surface area contributed by atoms with Gasteiger partial charge in [-0.3, -0.25) is 4.72 Å². The van der Waals surface area contributed by atoms with Gasteiger partial charge in [0.15, 0.2) is 0 Å². The van der Waals surface area contributed by atoms with E-state index in [4.69, 9.17) is 5.73 Å². The van der Waals surface area contributed by atoms with Crippen molar-refractivity contribution in [1.82, 2.24) is 0 Å². The molecular formula is C18H24N2O3S. The van der Waals surface area contributed by atoms with E-state index < -0.39 is 10.0 Å². The minimum absolute atomic E-state index is 0.0373. The predicted octanol–water partition coefficient (Wildman–Crippen LogP) is 4.02. The third kappa shape index (κ3) is 3.64.